The number of aliphatic hydroxyl groups is 1. The summed E-state index contributed by atoms with van der Waals surface area (Å²) in [5, 5.41) is 12.6. The third-order valence-corrected chi connectivity index (χ3v) is 4.69. The first kappa shape index (κ1) is 24.0. The maximum atomic E-state index is 12.3. The van der Waals surface area contributed by atoms with Crippen molar-refractivity contribution in [3.63, 3.8) is 0 Å². The predicted molar refractivity (Wildman–Crippen MR) is 90.9 cm³/mol. The molecule has 0 aliphatic rings. The lowest BCUT2D eigenvalue weighted by Gasteiger charge is -2.30. The van der Waals surface area contributed by atoms with Crippen molar-refractivity contribution in [2.45, 2.75) is 47.1 Å². The highest BCUT2D eigenvalue weighted by Gasteiger charge is 2.37. The maximum absolute atomic E-state index is 12.3. The molecule has 0 fully saturated rings. The molecule has 0 aromatic carbocycles. The van der Waals surface area contributed by atoms with Gasteiger partial charge in [0.05, 0.1) is 32.8 Å². The van der Waals surface area contributed by atoms with Gasteiger partial charge >= 0.3 is 13.8 Å². The van der Waals surface area contributed by atoms with Crippen molar-refractivity contribution in [3.05, 3.63) is 0 Å². The molecular weight excluding hydrogens is 353 g/mol. The summed E-state index contributed by atoms with van der Waals surface area (Å²) in [5.74, 6) is -1.10. The number of ether oxygens (including phenoxy) is 1. The minimum absolute atomic E-state index is 0.00705. The van der Waals surface area contributed by atoms with Crippen LogP contribution in [-0.4, -0.2) is 56.1 Å². The Morgan fingerprint density at radius 3 is 2.12 bits per heavy atom. The Labute approximate surface area is 149 Å². The average Bonchev–Trinajstić information content (AvgIpc) is 2.53. The number of nitrogens with one attached hydrogen (secondary N) is 1. The van der Waals surface area contributed by atoms with Gasteiger partial charge in [-0.05, 0) is 20.8 Å². The predicted octanol–water partition coefficient (Wildman–Crippen LogP) is 1.64. The topological polar surface area (TPSA) is 120 Å². The first-order valence-electron chi connectivity index (χ1n) is 8.26. The van der Waals surface area contributed by atoms with Gasteiger partial charge in [-0.2, -0.15) is 0 Å². The van der Waals surface area contributed by atoms with Gasteiger partial charge in [-0.25, -0.2) is 4.57 Å². The van der Waals surface area contributed by atoms with Gasteiger partial charge in [0.1, 0.15) is 6.10 Å². The number of phosphoric acid groups is 1. The van der Waals surface area contributed by atoms with Crippen LogP contribution in [0.2, 0.25) is 0 Å². The Morgan fingerprint density at radius 1 is 1.08 bits per heavy atom. The fourth-order valence-electron chi connectivity index (χ4n) is 1.72. The second kappa shape index (κ2) is 11.6. The molecular formula is C15H30NO8P. The number of hydrogen-bond donors (Lipinski definition) is 2. The third kappa shape index (κ3) is 9.32. The van der Waals surface area contributed by atoms with Crippen LogP contribution >= 0.6 is 7.82 Å². The van der Waals surface area contributed by atoms with Gasteiger partial charge in [-0.1, -0.05) is 13.8 Å². The zero-order valence-corrected chi connectivity index (χ0v) is 16.5. The van der Waals surface area contributed by atoms with Crippen LogP contribution in [0.4, 0.5) is 0 Å². The van der Waals surface area contributed by atoms with Gasteiger partial charge in [-0.3, -0.25) is 23.2 Å². The zero-order chi connectivity index (χ0) is 19.5. The number of carbonyl (C=O) groups excluding carboxylic acids is 2. The van der Waals surface area contributed by atoms with E-state index in [1.807, 2.05) is 0 Å². The molecule has 0 saturated carbocycles. The van der Waals surface area contributed by atoms with Gasteiger partial charge < -0.3 is 15.2 Å². The SMILES string of the molecule is CCOC(=O)CCNC(=O)[C@H](O)C(C)(C)COP(=O)(OCC)OCC. The van der Waals surface area contributed by atoms with Crippen molar-refractivity contribution in [2.24, 2.45) is 5.41 Å². The molecule has 10 heteroatoms. The Bertz CT molecular complexity index is 458. The molecule has 25 heavy (non-hydrogen) atoms. The number of aliphatic hydroxyl groups excluding tert-OH is 1. The lowest BCUT2D eigenvalue weighted by atomic mass is 9.87. The zero-order valence-electron chi connectivity index (χ0n) is 15.6. The first-order chi connectivity index (χ1) is 11.6. The van der Waals surface area contributed by atoms with Crippen molar-refractivity contribution in [2.75, 3.05) is 33.0 Å². The van der Waals surface area contributed by atoms with Crippen molar-refractivity contribution in [3.8, 4) is 0 Å². The van der Waals surface area contributed by atoms with E-state index in [0.29, 0.717) is 0 Å². The molecule has 2 N–H and O–H groups in total. The fraction of sp³-hybridized carbons (Fsp3) is 0.867. The van der Waals surface area contributed by atoms with Crippen LogP contribution in [-0.2, 0) is 32.5 Å². The standard InChI is InChI=1S/C15H30NO8P/c1-6-21-12(17)9-10-16-14(19)13(18)15(4,5)11-24-25(20,22-7-2)23-8-3/h13,18H,6-11H2,1-5H3,(H,16,19)/t13-/m0/s1. The van der Waals surface area contributed by atoms with E-state index in [9.17, 15) is 19.3 Å². The lowest BCUT2D eigenvalue weighted by molar-refractivity contribution is -0.143. The average molecular weight is 383 g/mol. The summed E-state index contributed by atoms with van der Waals surface area (Å²) in [7, 11) is -3.73. The quantitative estimate of drug-likeness (QED) is 0.364. The number of carbonyl (C=O) groups is 2. The molecule has 0 aromatic heterocycles. The van der Waals surface area contributed by atoms with E-state index in [2.05, 4.69) is 5.32 Å². The Balaban J connectivity index is 4.55. The second-order valence-corrected chi connectivity index (χ2v) is 7.46. The van der Waals surface area contributed by atoms with E-state index >= 15 is 0 Å². The van der Waals surface area contributed by atoms with Gasteiger partial charge in [0.15, 0.2) is 0 Å². The molecule has 0 unspecified atom stereocenters. The molecule has 0 aliphatic heterocycles. The number of phosphoric ester groups is 1. The molecule has 0 aromatic rings. The number of rotatable bonds is 13. The summed E-state index contributed by atoms with van der Waals surface area (Å²) in [5.41, 5.74) is -1.06. The lowest BCUT2D eigenvalue weighted by Crippen LogP contribution is -2.46. The second-order valence-electron chi connectivity index (χ2n) is 5.79. The number of amides is 1. The molecule has 0 heterocycles. The highest BCUT2D eigenvalue weighted by atomic mass is 31.2. The summed E-state index contributed by atoms with van der Waals surface area (Å²) >= 11 is 0. The van der Waals surface area contributed by atoms with Gasteiger partial charge in [0, 0.05) is 12.0 Å². The van der Waals surface area contributed by atoms with E-state index in [0.717, 1.165) is 0 Å². The van der Waals surface area contributed by atoms with Crippen molar-refractivity contribution >= 4 is 19.7 Å². The van der Waals surface area contributed by atoms with E-state index in [-0.39, 0.29) is 39.4 Å². The summed E-state index contributed by atoms with van der Waals surface area (Å²) < 4.78 is 32.2. The van der Waals surface area contributed by atoms with E-state index in [4.69, 9.17) is 18.3 Å². The number of hydrogen-bond acceptors (Lipinski definition) is 8. The molecule has 0 rings (SSSR count). The molecule has 0 aliphatic carbocycles. The van der Waals surface area contributed by atoms with Crippen LogP contribution in [0.25, 0.3) is 0 Å². The summed E-state index contributed by atoms with van der Waals surface area (Å²) in [6.45, 7) is 8.47. The van der Waals surface area contributed by atoms with Crippen LogP contribution in [0, 0.1) is 5.41 Å². The Kier molecular flexibility index (Phi) is 11.1. The third-order valence-electron chi connectivity index (χ3n) is 3.09. The highest BCUT2D eigenvalue weighted by molar-refractivity contribution is 7.48. The molecule has 0 radical (unpaired) electrons. The minimum Gasteiger partial charge on any atom is -0.466 e. The Morgan fingerprint density at radius 2 is 1.64 bits per heavy atom. The monoisotopic (exact) mass is 383 g/mol. The van der Waals surface area contributed by atoms with Crippen molar-refractivity contribution < 1.29 is 37.6 Å². The first-order valence-corrected chi connectivity index (χ1v) is 9.73. The van der Waals surface area contributed by atoms with Gasteiger partial charge in [-0.15, -0.1) is 0 Å². The van der Waals surface area contributed by atoms with Crippen molar-refractivity contribution in [1.82, 2.24) is 5.32 Å². The minimum atomic E-state index is -3.73. The fourth-order valence-corrected chi connectivity index (χ4v) is 3.07. The van der Waals surface area contributed by atoms with Crippen molar-refractivity contribution in [1.29, 1.82) is 0 Å². The van der Waals surface area contributed by atoms with Gasteiger partial charge in [0.2, 0.25) is 5.91 Å². The smallest absolute Gasteiger partial charge is 0.466 e. The van der Waals surface area contributed by atoms with Crippen LogP contribution in [0.1, 0.15) is 41.0 Å². The van der Waals surface area contributed by atoms with Gasteiger partial charge in [0.25, 0.3) is 0 Å². The molecule has 0 spiro atoms. The molecule has 0 saturated heterocycles. The normalized spacial score (nSPS) is 13.4. The van der Waals surface area contributed by atoms with E-state index < -0.39 is 31.2 Å². The van der Waals surface area contributed by atoms with Crippen LogP contribution in [0.3, 0.4) is 0 Å². The van der Waals surface area contributed by atoms with Crippen LogP contribution < -0.4 is 5.32 Å². The van der Waals surface area contributed by atoms with E-state index in [1.165, 1.54) is 0 Å². The summed E-state index contributed by atoms with van der Waals surface area (Å²) in [6, 6.07) is 0. The molecule has 148 valence electrons. The number of esters is 1. The maximum Gasteiger partial charge on any atom is 0.474 e. The summed E-state index contributed by atoms with van der Waals surface area (Å²) in [4.78, 5) is 23.2. The molecule has 1 atom stereocenters. The van der Waals surface area contributed by atoms with E-state index in [1.54, 1.807) is 34.6 Å². The molecule has 9 nitrogen and oxygen atoms in total. The molecule has 0 bridgehead atoms. The Hall–Kier alpha value is -0.990. The highest BCUT2D eigenvalue weighted by Crippen LogP contribution is 2.50. The summed E-state index contributed by atoms with van der Waals surface area (Å²) in [6.07, 6.45) is -1.43. The van der Waals surface area contributed by atoms with Crippen LogP contribution in [0.15, 0.2) is 0 Å². The molecule has 1 amide bonds. The van der Waals surface area contributed by atoms with Crippen LogP contribution in [0.5, 0.6) is 0 Å². The largest absolute Gasteiger partial charge is 0.474 e.